The van der Waals surface area contributed by atoms with Crippen molar-refractivity contribution in [3.63, 3.8) is 0 Å². The summed E-state index contributed by atoms with van der Waals surface area (Å²) in [5, 5.41) is 10.3. The van der Waals surface area contributed by atoms with Crippen LogP contribution in [0.3, 0.4) is 0 Å². The molecule has 0 spiro atoms. The van der Waals surface area contributed by atoms with Gasteiger partial charge in [0.1, 0.15) is 5.52 Å². The molecule has 0 saturated carbocycles. The van der Waals surface area contributed by atoms with Gasteiger partial charge < -0.3 is 5.32 Å². The van der Waals surface area contributed by atoms with E-state index in [1.807, 2.05) is 6.07 Å². The van der Waals surface area contributed by atoms with Gasteiger partial charge in [-0.1, -0.05) is 12.1 Å². The zero-order valence-electron chi connectivity index (χ0n) is 10.5. The molecule has 0 unspecified atom stereocenters. The van der Waals surface area contributed by atoms with Gasteiger partial charge in [-0.25, -0.2) is 13.4 Å². The highest BCUT2D eigenvalue weighted by Gasteiger charge is 2.29. The second-order valence-corrected chi connectivity index (χ2v) is 6.93. The fraction of sp³-hybridized carbons (Fsp3) is 0.333. The van der Waals surface area contributed by atoms with Gasteiger partial charge in [-0.2, -0.15) is 0 Å². The molecule has 20 heavy (non-hydrogen) atoms. The van der Waals surface area contributed by atoms with Gasteiger partial charge in [0, 0.05) is 6.04 Å². The van der Waals surface area contributed by atoms with Crippen molar-refractivity contribution < 1.29 is 13.2 Å². The Kier molecular flexibility index (Phi) is 3.09. The molecular weight excluding hydrogens is 280 g/mol. The van der Waals surface area contributed by atoms with E-state index in [1.165, 1.54) is 0 Å². The van der Waals surface area contributed by atoms with Crippen molar-refractivity contribution in [2.45, 2.75) is 12.5 Å². The molecule has 1 aliphatic rings. The van der Waals surface area contributed by atoms with E-state index in [0.29, 0.717) is 17.5 Å². The maximum Gasteiger partial charge on any atom is 0.291 e. The third kappa shape index (κ3) is 2.60. The predicted octanol–water partition coefficient (Wildman–Crippen LogP) is -0.0583. The van der Waals surface area contributed by atoms with E-state index in [-0.39, 0.29) is 23.4 Å². The summed E-state index contributed by atoms with van der Waals surface area (Å²) in [6, 6.07) is 6.72. The number of hydrogen-bond acceptors (Lipinski definition) is 6. The number of nitrogens with one attached hydrogen (secondary N) is 1. The average Bonchev–Trinajstić information content (AvgIpc) is 2.77. The van der Waals surface area contributed by atoms with E-state index >= 15 is 0 Å². The summed E-state index contributed by atoms with van der Waals surface area (Å²) in [5.41, 5.74) is 1.18. The first kappa shape index (κ1) is 12.9. The van der Waals surface area contributed by atoms with Crippen LogP contribution in [0.5, 0.6) is 0 Å². The normalized spacial score (nSPS) is 20.9. The van der Waals surface area contributed by atoms with E-state index in [9.17, 15) is 13.2 Å². The summed E-state index contributed by atoms with van der Waals surface area (Å²) in [6.45, 7) is 0. The summed E-state index contributed by atoms with van der Waals surface area (Å²) in [6.07, 6.45) is 0.426. The Morgan fingerprint density at radius 1 is 1.20 bits per heavy atom. The molecule has 1 aromatic heterocycles. The van der Waals surface area contributed by atoms with E-state index in [2.05, 4.69) is 20.5 Å². The SMILES string of the molecule is O=C(N[C@H]1CCS(=O)(=O)C1)c1nnc2ccccc2n1. The monoisotopic (exact) mass is 292 g/mol. The molecule has 1 amide bonds. The van der Waals surface area contributed by atoms with Gasteiger partial charge in [-0.05, 0) is 18.6 Å². The third-order valence-electron chi connectivity index (χ3n) is 3.13. The highest BCUT2D eigenvalue weighted by molar-refractivity contribution is 7.91. The fourth-order valence-electron chi connectivity index (χ4n) is 2.14. The first-order valence-corrected chi connectivity index (χ1v) is 7.96. The molecule has 7 nitrogen and oxygen atoms in total. The number of para-hydroxylation sites is 1. The molecule has 104 valence electrons. The summed E-state index contributed by atoms with van der Waals surface area (Å²) in [7, 11) is -3.03. The van der Waals surface area contributed by atoms with Crippen LogP contribution >= 0.6 is 0 Å². The highest BCUT2D eigenvalue weighted by Crippen LogP contribution is 2.12. The molecule has 1 aromatic carbocycles. The number of rotatable bonds is 2. The molecule has 1 fully saturated rings. The summed E-state index contributed by atoms with van der Waals surface area (Å²) < 4.78 is 22.7. The van der Waals surface area contributed by atoms with Crippen LogP contribution in [0.1, 0.15) is 17.0 Å². The molecule has 0 aliphatic carbocycles. The topological polar surface area (TPSA) is 102 Å². The number of aromatic nitrogens is 3. The minimum Gasteiger partial charge on any atom is -0.345 e. The molecule has 0 bridgehead atoms. The molecule has 1 N–H and O–H groups in total. The van der Waals surface area contributed by atoms with E-state index in [0.717, 1.165) is 0 Å². The molecule has 3 rings (SSSR count). The number of benzene rings is 1. The average molecular weight is 292 g/mol. The van der Waals surface area contributed by atoms with Crippen molar-refractivity contribution in [1.29, 1.82) is 0 Å². The van der Waals surface area contributed by atoms with Gasteiger partial charge in [0.15, 0.2) is 9.84 Å². The lowest BCUT2D eigenvalue weighted by Gasteiger charge is -2.09. The Bertz CT molecular complexity index is 775. The smallest absolute Gasteiger partial charge is 0.291 e. The number of amides is 1. The van der Waals surface area contributed by atoms with Crippen molar-refractivity contribution in [1.82, 2.24) is 20.5 Å². The van der Waals surface area contributed by atoms with Crippen LogP contribution in [-0.4, -0.2) is 47.1 Å². The van der Waals surface area contributed by atoms with Gasteiger partial charge >= 0.3 is 0 Å². The Morgan fingerprint density at radius 3 is 2.65 bits per heavy atom. The standard InChI is InChI=1S/C12H12N4O3S/c17-12(13-8-5-6-20(18,19)7-8)11-14-9-3-1-2-4-10(9)15-16-11/h1-4,8H,5-7H2,(H,13,17)/t8-/m0/s1. The number of carbonyl (C=O) groups is 1. The van der Waals surface area contributed by atoms with E-state index < -0.39 is 15.7 Å². The summed E-state index contributed by atoms with van der Waals surface area (Å²) >= 11 is 0. The van der Waals surface area contributed by atoms with Crippen molar-refractivity contribution in [3.8, 4) is 0 Å². The number of hydrogen-bond donors (Lipinski definition) is 1. The summed E-state index contributed by atoms with van der Waals surface area (Å²) in [5.74, 6) is -0.465. The maximum atomic E-state index is 12.0. The van der Waals surface area contributed by atoms with Crippen molar-refractivity contribution in [3.05, 3.63) is 30.1 Å². The Hall–Kier alpha value is -2.09. The van der Waals surface area contributed by atoms with Crippen LogP contribution in [0, 0.1) is 0 Å². The number of carbonyl (C=O) groups excluding carboxylic acids is 1. The zero-order valence-corrected chi connectivity index (χ0v) is 11.3. The van der Waals surface area contributed by atoms with Gasteiger partial charge in [-0.3, -0.25) is 4.79 Å². The van der Waals surface area contributed by atoms with Gasteiger partial charge in [-0.15, -0.1) is 10.2 Å². The van der Waals surface area contributed by atoms with Crippen LogP contribution in [0.15, 0.2) is 24.3 Å². The molecule has 8 heteroatoms. The quantitative estimate of drug-likeness (QED) is 0.832. The maximum absolute atomic E-state index is 12.0. The fourth-order valence-corrected chi connectivity index (χ4v) is 3.81. The van der Waals surface area contributed by atoms with Gasteiger partial charge in [0.2, 0.25) is 5.82 Å². The van der Waals surface area contributed by atoms with Crippen LogP contribution < -0.4 is 5.32 Å². The zero-order chi connectivity index (χ0) is 14.2. The molecular formula is C12H12N4O3S. The van der Waals surface area contributed by atoms with Crippen molar-refractivity contribution in [2.24, 2.45) is 0 Å². The number of sulfone groups is 1. The molecule has 1 aliphatic heterocycles. The molecule has 2 heterocycles. The van der Waals surface area contributed by atoms with Gasteiger partial charge in [0.05, 0.1) is 17.0 Å². The molecule has 0 radical (unpaired) electrons. The van der Waals surface area contributed by atoms with E-state index in [1.54, 1.807) is 18.2 Å². The molecule has 1 saturated heterocycles. The van der Waals surface area contributed by atoms with Crippen molar-refractivity contribution >= 4 is 26.8 Å². The lowest BCUT2D eigenvalue weighted by Crippen LogP contribution is -2.36. The number of fused-ring (bicyclic) bond motifs is 1. The highest BCUT2D eigenvalue weighted by atomic mass is 32.2. The first-order valence-electron chi connectivity index (χ1n) is 6.14. The minimum absolute atomic E-state index is 0.0280. The van der Waals surface area contributed by atoms with E-state index in [4.69, 9.17) is 0 Å². The molecule has 1 atom stereocenters. The van der Waals surface area contributed by atoms with Crippen molar-refractivity contribution in [2.75, 3.05) is 11.5 Å². The second kappa shape index (κ2) is 4.78. The third-order valence-corrected chi connectivity index (χ3v) is 4.90. The van der Waals surface area contributed by atoms with Crippen LogP contribution in [-0.2, 0) is 9.84 Å². The van der Waals surface area contributed by atoms with Crippen LogP contribution in [0.2, 0.25) is 0 Å². The second-order valence-electron chi connectivity index (χ2n) is 4.70. The first-order chi connectivity index (χ1) is 9.53. The Morgan fingerprint density at radius 2 is 1.95 bits per heavy atom. The Balaban J connectivity index is 1.79. The van der Waals surface area contributed by atoms with Gasteiger partial charge in [0.25, 0.3) is 5.91 Å². The van der Waals surface area contributed by atoms with Crippen LogP contribution in [0.4, 0.5) is 0 Å². The lowest BCUT2D eigenvalue weighted by atomic mass is 10.2. The Labute approximate surface area is 115 Å². The minimum atomic E-state index is -3.03. The van der Waals surface area contributed by atoms with Crippen LogP contribution in [0.25, 0.3) is 11.0 Å². The predicted molar refractivity (Wildman–Crippen MR) is 71.9 cm³/mol. The molecule has 2 aromatic rings. The number of nitrogens with zero attached hydrogens (tertiary/aromatic N) is 3. The summed E-state index contributed by atoms with van der Waals surface area (Å²) in [4.78, 5) is 16.1. The lowest BCUT2D eigenvalue weighted by molar-refractivity contribution is 0.0930. The largest absolute Gasteiger partial charge is 0.345 e.